The average Bonchev–Trinajstić information content (AvgIpc) is 3.14. The minimum absolute atomic E-state index is 0.0746. The largest absolute Gasteiger partial charge is 0.490 e. The summed E-state index contributed by atoms with van der Waals surface area (Å²) < 4.78 is 62.4. The molecule has 0 spiro atoms. The van der Waals surface area contributed by atoms with E-state index in [1.807, 2.05) is 0 Å². The van der Waals surface area contributed by atoms with E-state index in [9.17, 15) is 22.7 Å². The van der Waals surface area contributed by atoms with Gasteiger partial charge < -0.3 is 9.84 Å². The van der Waals surface area contributed by atoms with E-state index >= 15 is 0 Å². The Morgan fingerprint density at radius 1 is 1.03 bits per heavy atom. The number of hydrogen-bond donors (Lipinski definition) is 1. The molecule has 1 N–H and O–H groups in total. The van der Waals surface area contributed by atoms with Gasteiger partial charge in [-0.3, -0.25) is 0 Å². The number of aromatic nitrogens is 2. The van der Waals surface area contributed by atoms with Gasteiger partial charge in [-0.1, -0.05) is 35.9 Å². The predicted molar refractivity (Wildman–Crippen MR) is 113 cm³/mol. The van der Waals surface area contributed by atoms with Gasteiger partial charge in [0.25, 0.3) is 0 Å². The highest BCUT2D eigenvalue weighted by Crippen LogP contribution is 2.42. The Labute approximate surface area is 185 Å². The van der Waals surface area contributed by atoms with Gasteiger partial charge in [0.15, 0.2) is 0 Å². The van der Waals surface area contributed by atoms with Gasteiger partial charge in [-0.15, -0.1) is 0 Å². The first kappa shape index (κ1) is 22.1. The molecule has 32 heavy (non-hydrogen) atoms. The molecule has 1 atom stereocenters. The number of para-hydroxylation sites is 1. The molecule has 0 saturated carbocycles. The molecule has 9 heteroatoms. The van der Waals surface area contributed by atoms with Gasteiger partial charge in [-0.25, -0.2) is 9.07 Å². The molecule has 1 unspecified atom stereocenters. The third kappa shape index (κ3) is 3.91. The van der Waals surface area contributed by atoms with E-state index in [0.717, 1.165) is 5.56 Å². The van der Waals surface area contributed by atoms with Crippen LogP contribution in [0, 0.1) is 12.7 Å². The van der Waals surface area contributed by atoms with Crippen LogP contribution in [0.4, 0.5) is 17.6 Å². The molecule has 1 aromatic heterocycles. The third-order valence-electron chi connectivity index (χ3n) is 5.11. The maximum absolute atomic E-state index is 14.2. The van der Waals surface area contributed by atoms with Gasteiger partial charge >= 0.3 is 6.18 Å². The molecule has 0 aliphatic carbocycles. The summed E-state index contributed by atoms with van der Waals surface area (Å²) in [5.74, 6) is -0.423. The van der Waals surface area contributed by atoms with Crippen molar-refractivity contribution < 1.29 is 27.4 Å². The molecular formula is C23H17ClF4N2O2. The Balaban J connectivity index is 1.82. The maximum atomic E-state index is 14.2. The first-order chi connectivity index (χ1) is 15.1. The standard InChI is InChI=1S/C23H17ClF4N2O2/c1-14-6-11-17(12-19(14)24)32-13-22(31,23(26,27)28)21-18-4-2-3-5-20(18)30(29-21)16-9-7-15(25)8-10-16/h2-12,31H,13H2,1H3. The zero-order valence-corrected chi connectivity index (χ0v) is 17.5. The fourth-order valence-corrected chi connectivity index (χ4v) is 3.46. The van der Waals surface area contributed by atoms with Crippen LogP contribution in [-0.2, 0) is 5.60 Å². The molecule has 0 aliphatic heterocycles. The predicted octanol–water partition coefficient (Wildman–Crippen LogP) is 5.96. The van der Waals surface area contributed by atoms with Crippen LogP contribution >= 0.6 is 11.6 Å². The van der Waals surface area contributed by atoms with Crippen LogP contribution in [0.1, 0.15) is 11.3 Å². The lowest BCUT2D eigenvalue weighted by molar-refractivity contribution is -0.276. The molecule has 4 nitrogen and oxygen atoms in total. The number of aliphatic hydroxyl groups is 1. The van der Waals surface area contributed by atoms with Crippen molar-refractivity contribution >= 4 is 22.5 Å². The summed E-state index contributed by atoms with van der Waals surface area (Å²) in [5.41, 5.74) is -2.66. The minimum atomic E-state index is -5.10. The number of alkyl halides is 3. The lowest BCUT2D eigenvalue weighted by atomic mass is 9.97. The van der Waals surface area contributed by atoms with Crippen molar-refractivity contribution in [2.75, 3.05) is 6.61 Å². The number of fused-ring (bicyclic) bond motifs is 1. The summed E-state index contributed by atoms with van der Waals surface area (Å²) in [7, 11) is 0. The van der Waals surface area contributed by atoms with Crippen LogP contribution in [0.3, 0.4) is 0 Å². The van der Waals surface area contributed by atoms with Crippen molar-refractivity contribution in [1.29, 1.82) is 0 Å². The highest BCUT2D eigenvalue weighted by molar-refractivity contribution is 6.31. The van der Waals surface area contributed by atoms with E-state index in [1.165, 1.54) is 47.1 Å². The van der Waals surface area contributed by atoms with Crippen molar-refractivity contribution in [2.24, 2.45) is 0 Å². The van der Waals surface area contributed by atoms with Crippen LogP contribution < -0.4 is 4.74 Å². The van der Waals surface area contributed by atoms with Crippen molar-refractivity contribution in [3.8, 4) is 11.4 Å². The van der Waals surface area contributed by atoms with Gasteiger partial charge in [-0.2, -0.15) is 18.3 Å². The number of aryl methyl sites for hydroxylation is 1. The van der Waals surface area contributed by atoms with Crippen LogP contribution in [0.15, 0.2) is 66.7 Å². The normalized spacial score (nSPS) is 13.8. The van der Waals surface area contributed by atoms with Gasteiger partial charge in [0.2, 0.25) is 5.60 Å². The smallest absolute Gasteiger partial charge is 0.426 e. The molecule has 0 saturated heterocycles. The summed E-state index contributed by atoms with van der Waals surface area (Å²) in [4.78, 5) is 0. The Bertz CT molecular complexity index is 1270. The SMILES string of the molecule is Cc1ccc(OCC(O)(c2nn(-c3ccc(F)cc3)c3ccccc23)C(F)(F)F)cc1Cl. The number of ether oxygens (including phenoxy) is 1. The molecule has 4 aromatic rings. The molecule has 0 bridgehead atoms. The van der Waals surface area contributed by atoms with Crippen molar-refractivity contribution in [1.82, 2.24) is 9.78 Å². The second-order valence-electron chi connectivity index (χ2n) is 7.31. The Kier molecular flexibility index (Phi) is 5.60. The number of hydrogen-bond acceptors (Lipinski definition) is 3. The Morgan fingerprint density at radius 2 is 1.72 bits per heavy atom. The zero-order valence-electron chi connectivity index (χ0n) is 16.7. The first-order valence-electron chi connectivity index (χ1n) is 9.52. The zero-order chi connectivity index (χ0) is 23.1. The monoisotopic (exact) mass is 464 g/mol. The topological polar surface area (TPSA) is 47.3 Å². The van der Waals surface area contributed by atoms with Crippen molar-refractivity contribution in [3.05, 3.63) is 88.8 Å². The van der Waals surface area contributed by atoms with Crippen LogP contribution in [0.2, 0.25) is 5.02 Å². The van der Waals surface area contributed by atoms with Crippen LogP contribution in [-0.4, -0.2) is 27.7 Å². The minimum Gasteiger partial charge on any atom is -0.490 e. The van der Waals surface area contributed by atoms with Crippen molar-refractivity contribution in [3.63, 3.8) is 0 Å². The molecule has 0 aliphatic rings. The number of rotatable bonds is 5. The maximum Gasteiger partial charge on any atom is 0.426 e. The molecule has 3 aromatic carbocycles. The van der Waals surface area contributed by atoms with Gasteiger partial charge in [0, 0.05) is 10.4 Å². The lowest BCUT2D eigenvalue weighted by Gasteiger charge is -2.29. The van der Waals surface area contributed by atoms with Gasteiger partial charge in [0.1, 0.15) is 23.9 Å². The van der Waals surface area contributed by atoms with E-state index in [4.69, 9.17) is 16.3 Å². The fraction of sp³-hybridized carbons (Fsp3) is 0.174. The molecule has 1 heterocycles. The number of nitrogens with zero attached hydrogens (tertiary/aromatic N) is 2. The number of benzene rings is 3. The first-order valence-corrected chi connectivity index (χ1v) is 9.90. The van der Waals surface area contributed by atoms with E-state index in [0.29, 0.717) is 16.2 Å². The second kappa shape index (κ2) is 8.11. The van der Waals surface area contributed by atoms with E-state index < -0.39 is 29.9 Å². The summed E-state index contributed by atoms with van der Waals surface area (Å²) in [6.07, 6.45) is -5.10. The van der Waals surface area contributed by atoms with E-state index in [-0.39, 0.29) is 11.1 Å². The summed E-state index contributed by atoms with van der Waals surface area (Å²) >= 11 is 6.02. The van der Waals surface area contributed by atoms with E-state index in [2.05, 4.69) is 5.10 Å². The highest BCUT2D eigenvalue weighted by Gasteiger charge is 2.58. The number of halogens is 5. The molecular weight excluding hydrogens is 448 g/mol. The second-order valence-corrected chi connectivity index (χ2v) is 7.72. The van der Waals surface area contributed by atoms with Crippen LogP contribution in [0.5, 0.6) is 5.75 Å². The molecule has 0 fully saturated rings. The molecule has 4 rings (SSSR count). The van der Waals surface area contributed by atoms with E-state index in [1.54, 1.807) is 31.2 Å². The average molecular weight is 465 g/mol. The third-order valence-corrected chi connectivity index (χ3v) is 5.52. The molecule has 166 valence electrons. The van der Waals surface area contributed by atoms with Gasteiger partial charge in [0.05, 0.1) is 11.2 Å². The van der Waals surface area contributed by atoms with Crippen LogP contribution in [0.25, 0.3) is 16.6 Å². The van der Waals surface area contributed by atoms with Crippen molar-refractivity contribution in [2.45, 2.75) is 18.7 Å². The molecule has 0 amide bonds. The summed E-state index contributed by atoms with van der Waals surface area (Å²) in [5, 5.41) is 15.4. The van der Waals surface area contributed by atoms with Gasteiger partial charge in [-0.05, 0) is 55.0 Å². The fourth-order valence-electron chi connectivity index (χ4n) is 3.29. The summed E-state index contributed by atoms with van der Waals surface area (Å²) in [6.45, 7) is 0.604. The molecule has 0 radical (unpaired) electrons. The lowest BCUT2D eigenvalue weighted by Crippen LogP contribution is -2.47. The summed E-state index contributed by atoms with van der Waals surface area (Å²) in [6, 6.07) is 15.7. The highest BCUT2D eigenvalue weighted by atomic mass is 35.5. The Morgan fingerprint density at radius 3 is 2.38 bits per heavy atom. The Hall–Kier alpha value is -3.10. The quantitative estimate of drug-likeness (QED) is 0.371.